The molecule has 108 valence electrons. The summed E-state index contributed by atoms with van der Waals surface area (Å²) in [4.78, 5) is 10.3. The number of anilines is 2. The molecule has 0 aliphatic heterocycles. The quantitative estimate of drug-likeness (QED) is 0.719. The number of methoxy groups -OCH3 is 1. The van der Waals surface area contributed by atoms with E-state index < -0.39 is 5.82 Å². The molecule has 0 radical (unpaired) electrons. The van der Waals surface area contributed by atoms with Crippen LogP contribution in [0.15, 0.2) is 24.3 Å². The number of aromatic nitrogens is 2. The first-order valence-corrected chi connectivity index (χ1v) is 7.30. The Bertz CT molecular complexity index is 821. The molecule has 0 spiro atoms. The lowest BCUT2D eigenvalue weighted by Crippen LogP contribution is -1.97. The van der Waals surface area contributed by atoms with E-state index in [0.717, 1.165) is 15.1 Å². The first kappa shape index (κ1) is 14.0. The van der Waals surface area contributed by atoms with Gasteiger partial charge in [-0.2, -0.15) is 4.98 Å². The molecule has 3 aromatic rings. The van der Waals surface area contributed by atoms with Crippen LogP contribution < -0.4 is 10.1 Å². The van der Waals surface area contributed by atoms with Gasteiger partial charge < -0.3 is 10.1 Å². The Labute approximate surface area is 129 Å². The van der Waals surface area contributed by atoms with Crippen LogP contribution in [0, 0.1) is 12.7 Å². The smallest absolute Gasteiger partial charge is 0.225 e. The second-order valence-electron chi connectivity index (χ2n) is 4.39. The van der Waals surface area contributed by atoms with Gasteiger partial charge in [0.15, 0.2) is 11.6 Å². The molecule has 1 aromatic carbocycles. The molecule has 0 saturated carbocycles. The summed E-state index contributed by atoms with van der Waals surface area (Å²) in [6.45, 7) is 1.98. The van der Waals surface area contributed by atoms with Gasteiger partial charge in [0.2, 0.25) is 5.28 Å². The summed E-state index contributed by atoms with van der Waals surface area (Å²) >= 11 is 7.46. The van der Waals surface area contributed by atoms with Crippen LogP contribution in [-0.2, 0) is 0 Å². The maximum Gasteiger partial charge on any atom is 0.225 e. The minimum atomic E-state index is -0.444. The minimum absolute atomic E-state index is 0.154. The van der Waals surface area contributed by atoms with Gasteiger partial charge >= 0.3 is 0 Å². The van der Waals surface area contributed by atoms with Gasteiger partial charge in [-0.05, 0) is 36.7 Å². The Kier molecular flexibility index (Phi) is 3.65. The van der Waals surface area contributed by atoms with Gasteiger partial charge in [0.1, 0.15) is 10.6 Å². The van der Waals surface area contributed by atoms with Crippen molar-refractivity contribution in [2.45, 2.75) is 6.92 Å². The fraction of sp³-hybridized carbons (Fsp3) is 0.143. The fourth-order valence-corrected chi connectivity index (χ4v) is 3.09. The summed E-state index contributed by atoms with van der Waals surface area (Å²) in [5.41, 5.74) is 0.563. The van der Waals surface area contributed by atoms with Crippen LogP contribution in [0.25, 0.3) is 10.2 Å². The van der Waals surface area contributed by atoms with Crippen LogP contribution in [0.3, 0.4) is 0 Å². The summed E-state index contributed by atoms with van der Waals surface area (Å²) in [5.74, 6) is 0.303. The van der Waals surface area contributed by atoms with E-state index in [0.29, 0.717) is 11.5 Å². The van der Waals surface area contributed by atoms with Crippen molar-refractivity contribution in [3.63, 3.8) is 0 Å². The zero-order valence-corrected chi connectivity index (χ0v) is 12.8. The van der Waals surface area contributed by atoms with E-state index in [2.05, 4.69) is 15.3 Å². The van der Waals surface area contributed by atoms with Crippen LogP contribution in [0.2, 0.25) is 5.28 Å². The van der Waals surface area contributed by atoms with Gasteiger partial charge in [-0.25, -0.2) is 9.37 Å². The molecule has 0 bridgehead atoms. The number of nitrogens with zero attached hydrogens (tertiary/aromatic N) is 2. The van der Waals surface area contributed by atoms with Crippen LogP contribution >= 0.6 is 22.9 Å². The van der Waals surface area contributed by atoms with E-state index in [1.54, 1.807) is 12.1 Å². The minimum Gasteiger partial charge on any atom is -0.494 e. The molecule has 3 rings (SSSR count). The molecule has 0 aliphatic carbocycles. The Morgan fingerprint density at radius 1 is 1.29 bits per heavy atom. The Morgan fingerprint density at radius 2 is 2.10 bits per heavy atom. The van der Waals surface area contributed by atoms with Gasteiger partial charge in [-0.15, -0.1) is 11.3 Å². The van der Waals surface area contributed by atoms with Crippen molar-refractivity contribution in [1.82, 2.24) is 9.97 Å². The van der Waals surface area contributed by atoms with Crippen molar-refractivity contribution in [2.75, 3.05) is 12.4 Å². The molecule has 1 N–H and O–H groups in total. The summed E-state index contributed by atoms with van der Waals surface area (Å²) in [6.07, 6.45) is 0. The van der Waals surface area contributed by atoms with Gasteiger partial charge in [0.25, 0.3) is 0 Å². The van der Waals surface area contributed by atoms with E-state index in [9.17, 15) is 4.39 Å². The molecule has 0 fully saturated rings. The maximum atomic E-state index is 13.7. The van der Waals surface area contributed by atoms with Gasteiger partial charge in [0.05, 0.1) is 12.5 Å². The number of hydrogen-bond donors (Lipinski definition) is 1. The van der Waals surface area contributed by atoms with Crippen molar-refractivity contribution in [2.24, 2.45) is 0 Å². The number of ether oxygens (including phenoxy) is 1. The normalized spacial score (nSPS) is 10.9. The molecule has 21 heavy (non-hydrogen) atoms. The Balaban J connectivity index is 2.03. The van der Waals surface area contributed by atoms with Gasteiger partial charge in [-0.1, -0.05) is 0 Å². The predicted molar refractivity (Wildman–Crippen MR) is 83.4 cm³/mol. The standard InChI is InChI=1S/C14H11ClFN3OS/c1-7-5-9-12(18-14(15)19-13(9)21-7)17-8-3-4-11(20-2)10(16)6-8/h3-6H,1-2H3,(H,17,18,19). The van der Waals surface area contributed by atoms with E-state index in [4.69, 9.17) is 16.3 Å². The fourth-order valence-electron chi connectivity index (χ4n) is 1.99. The third-order valence-electron chi connectivity index (χ3n) is 2.90. The van der Waals surface area contributed by atoms with E-state index in [1.165, 1.54) is 24.5 Å². The number of nitrogens with one attached hydrogen (secondary N) is 1. The number of halogens is 2. The largest absolute Gasteiger partial charge is 0.494 e. The van der Waals surface area contributed by atoms with Gasteiger partial charge in [-0.3, -0.25) is 0 Å². The number of aryl methyl sites for hydroxylation is 1. The third kappa shape index (κ3) is 2.77. The average Bonchev–Trinajstić information content (AvgIpc) is 2.79. The average molecular weight is 324 g/mol. The zero-order valence-electron chi connectivity index (χ0n) is 11.3. The third-order valence-corrected chi connectivity index (χ3v) is 4.02. The molecule has 4 nitrogen and oxygen atoms in total. The lowest BCUT2D eigenvalue weighted by Gasteiger charge is -2.08. The van der Waals surface area contributed by atoms with Crippen LogP contribution in [0.1, 0.15) is 4.88 Å². The highest BCUT2D eigenvalue weighted by Gasteiger charge is 2.11. The molecule has 7 heteroatoms. The topological polar surface area (TPSA) is 47.0 Å². The van der Waals surface area contributed by atoms with Crippen molar-refractivity contribution < 1.29 is 9.13 Å². The molecule has 0 saturated heterocycles. The zero-order chi connectivity index (χ0) is 15.0. The second kappa shape index (κ2) is 5.46. The molecular formula is C14H11ClFN3OS. The molecule has 0 unspecified atom stereocenters. The summed E-state index contributed by atoms with van der Waals surface area (Å²) in [5, 5.41) is 4.08. The lowest BCUT2D eigenvalue weighted by molar-refractivity contribution is 0.386. The second-order valence-corrected chi connectivity index (χ2v) is 5.96. The monoisotopic (exact) mass is 323 g/mol. The number of hydrogen-bond acceptors (Lipinski definition) is 5. The van der Waals surface area contributed by atoms with E-state index in [-0.39, 0.29) is 11.0 Å². The Morgan fingerprint density at radius 3 is 2.81 bits per heavy atom. The highest BCUT2D eigenvalue weighted by Crippen LogP contribution is 2.32. The highest BCUT2D eigenvalue weighted by atomic mass is 35.5. The van der Waals surface area contributed by atoms with E-state index >= 15 is 0 Å². The van der Waals surface area contributed by atoms with Crippen molar-refractivity contribution >= 4 is 44.7 Å². The SMILES string of the molecule is COc1ccc(Nc2nc(Cl)nc3sc(C)cc23)cc1F. The predicted octanol–water partition coefficient (Wildman–Crippen LogP) is 4.54. The van der Waals surface area contributed by atoms with Crippen LogP contribution in [-0.4, -0.2) is 17.1 Å². The Hall–Kier alpha value is -1.92. The van der Waals surface area contributed by atoms with Crippen LogP contribution in [0.5, 0.6) is 5.75 Å². The molecule has 2 heterocycles. The maximum absolute atomic E-state index is 13.7. The van der Waals surface area contributed by atoms with E-state index in [1.807, 2.05) is 13.0 Å². The van der Waals surface area contributed by atoms with Crippen molar-refractivity contribution in [1.29, 1.82) is 0 Å². The molecule has 0 aliphatic rings. The first-order chi connectivity index (χ1) is 10.1. The number of rotatable bonds is 3. The van der Waals surface area contributed by atoms with Crippen molar-refractivity contribution in [3.8, 4) is 5.75 Å². The summed E-state index contributed by atoms with van der Waals surface area (Å²) in [6, 6.07) is 6.58. The number of thiophene rings is 1. The molecule has 0 amide bonds. The van der Waals surface area contributed by atoms with Crippen LogP contribution in [0.4, 0.5) is 15.9 Å². The molecule has 2 aromatic heterocycles. The number of benzene rings is 1. The van der Waals surface area contributed by atoms with Crippen molar-refractivity contribution in [3.05, 3.63) is 40.2 Å². The molecular weight excluding hydrogens is 313 g/mol. The molecule has 0 atom stereocenters. The lowest BCUT2D eigenvalue weighted by atomic mass is 10.2. The summed E-state index contributed by atoms with van der Waals surface area (Å²) in [7, 11) is 1.42. The highest BCUT2D eigenvalue weighted by molar-refractivity contribution is 7.18. The first-order valence-electron chi connectivity index (χ1n) is 6.11. The number of fused-ring (bicyclic) bond motifs is 1. The summed E-state index contributed by atoms with van der Waals surface area (Å²) < 4.78 is 18.6. The van der Waals surface area contributed by atoms with Gasteiger partial charge in [0, 0.05) is 16.6 Å².